The summed E-state index contributed by atoms with van der Waals surface area (Å²) in [5.74, 6) is 0. The summed E-state index contributed by atoms with van der Waals surface area (Å²) in [7, 11) is 0. The topological polar surface area (TPSA) is 119 Å². The van der Waals surface area contributed by atoms with Crippen molar-refractivity contribution < 1.29 is 19.7 Å². The first-order chi connectivity index (χ1) is 12.6. The molecule has 9 nitrogen and oxygen atoms in total. The van der Waals surface area contributed by atoms with E-state index in [-0.39, 0.29) is 28.2 Å². The van der Waals surface area contributed by atoms with Crippen LogP contribution in [0.15, 0.2) is 6.07 Å². The number of aliphatic hydroxyl groups is 1. The van der Waals surface area contributed by atoms with Crippen LogP contribution in [0.2, 0.25) is 0 Å². The van der Waals surface area contributed by atoms with Gasteiger partial charge in [0.15, 0.2) is 5.69 Å². The summed E-state index contributed by atoms with van der Waals surface area (Å²) in [5, 5.41) is 33.1. The van der Waals surface area contributed by atoms with E-state index in [1.807, 2.05) is 13.8 Å². The number of nitro groups is 2. The predicted octanol–water partition coefficient (Wildman–Crippen LogP) is 3.23. The van der Waals surface area contributed by atoms with Crippen LogP contribution in [0.25, 0.3) is 0 Å². The van der Waals surface area contributed by atoms with Crippen molar-refractivity contribution in [2.75, 3.05) is 18.0 Å². The molecule has 0 atom stereocenters. The highest BCUT2D eigenvalue weighted by molar-refractivity contribution is 5.79. The van der Waals surface area contributed by atoms with Crippen LogP contribution in [-0.2, 0) is 11.3 Å². The van der Waals surface area contributed by atoms with Gasteiger partial charge in [0.2, 0.25) is 0 Å². The average molecular weight is 379 g/mol. The quantitative estimate of drug-likeness (QED) is 0.630. The van der Waals surface area contributed by atoms with E-state index >= 15 is 0 Å². The lowest BCUT2D eigenvalue weighted by Gasteiger charge is -2.49. The number of hydrogen-bond donors (Lipinski definition) is 1. The van der Waals surface area contributed by atoms with Crippen LogP contribution >= 0.6 is 0 Å². The fourth-order valence-electron chi connectivity index (χ4n) is 4.58. The van der Waals surface area contributed by atoms with Crippen molar-refractivity contribution in [2.45, 2.75) is 64.3 Å². The summed E-state index contributed by atoms with van der Waals surface area (Å²) in [6.45, 7) is 5.54. The van der Waals surface area contributed by atoms with E-state index in [1.54, 1.807) is 4.90 Å². The first-order valence-corrected chi connectivity index (χ1v) is 9.10. The maximum atomic E-state index is 11.8. The number of aliphatic hydroxyl groups excluding tert-OH is 1. The fourth-order valence-corrected chi connectivity index (χ4v) is 4.58. The molecular weight excluding hydrogens is 354 g/mol. The van der Waals surface area contributed by atoms with Gasteiger partial charge in [0, 0.05) is 24.7 Å². The van der Waals surface area contributed by atoms with Gasteiger partial charge in [0.05, 0.1) is 27.7 Å². The lowest BCUT2D eigenvalue weighted by Crippen LogP contribution is -2.59. The van der Waals surface area contributed by atoms with Crippen LogP contribution in [0.3, 0.4) is 0 Å². The number of nitrogens with zero attached hydrogens (tertiary/aromatic N) is 3. The highest BCUT2D eigenvalue weighted by Crippen LogP contribution is 2.47. The molecule has 1 N–H and O–H groups in total. The molecule has 1 aromatic carbocycles. The molecule has 1 aliphatic heterocycles. The smallest absolute Gasteiger partial charge is 0.302 e. The van der Waals surface area contributed by atoms with Gasteiger partial charge in [-0.3, -0.25) is 20.2 Å². The van der Waals surface area contributed by atoms with Gasteiger partial charge in [0.1, 0.15) is 0 Å². The van der Waals surface area contributed by atoms with E-state index in [0.29, 0.717) is 13.1 Å². The second kappa shape index (κ2) is 6.72. The van der Waals surface area contributed by atoms with Crippen molar-refractivity contribution in [1.29, 1.82) is 0 Å². The Hall–Kier alpha value is -2.26. The molecule has 1 aliphatic carbocycles. The summed E-state index contributed by atoms with van der Waals surface area (Å²) in [5.41, 5.74) is -1.21. The Labute approximate surface area is 157 Å². The molecule has 148 valence electrons. The Bertz CT molecular complexity index is 786. The first-order valence-electron chi connectivity index (χ1n) is 9.10. The SMILES string of the molecule is Cc1c(CO)cc([N+](=O)[O-])c(N2CC(C)(C)OC3(CCCC3)C2)c1[N+](=O)[O-]. The molecule has 0 aromatic heterocycles. The molecule has 0 radical (unpaired) electrons. The van der Waals surface area contributed by atoms with Crippen molar-refractivity contribution >= 4 is 17.1 Å². The molecule has 1 saturated heterocycles. The van der Waals surface area contributed by atoms with Crippen LogP contribution in [0.4, 0.5) is 17.1 Å². The number of benzene rings is 1. The number of morpholine rings is 1. The van der Waals surface area contributed by atoms with Crippen LogP contribution in [0.5, 0.6) is 0 Å². The third kappa shape index (κ3) is 3.49. The van der Waals surface area contributed by atoms with Crippen molar-refractivity contribution in [3.05, 3.63) is 37.4 Å². The zero-order valence-corrected chi connectivity index (χ0v) is 15.9. The predicted molar refractivity (Wildman–Crippen MR) is 99.0 cm³/mol. The van der Waals surface area contributed by atoms with Gasteiger partial charge in [-0.15, -0.1) is 0 Å². The van der Waals surface area contributed by atoms with Gasteiger partial charge in [-0.1, -0.05) is 12.8 Å². The number of ether oxygens (including phenoxy) is 1. The van der Waals surface area contributed by atoms with E-state index in [4.69, 9.17) is 4.74 Å². The van der Waals surface area contributed by atoms with E-state index in [1.165, 1.54) is 13.0 Å². The van der Waals surface area contributed by atoms with Crippen molar-refractivity contribution in [3.63, 3.8) is 0 Å². The van der Waals surface area contributed by atoms with Gasteiger partial charge in [-0.05, 0) is 39.2 Å². The first kappa shape index (κ1) is 19.5. The Kier molecular flexibility index (Phi) is 4.85. The number of hydrogen-bond acceptors (Lipinski definition) is 7. The van der Waals surface area contributed by atoms with Crippen LogP contribution in [-0.4, -0.2) is 39.2 Å². The van der Waals surface area contributed by atoms with E-state index in [0.717, 1.165) is 25.7 Å². The van der Waals surface area contributed by atoms with Gasteiger partial charge >= 0.3 is 5.69 Å². The Morgan fingerprint density at radius 2 is 1.81 bits per heavy atom. The largest absolute Gasteiger partial charge is 0.392 e. The second-order valence-electron chi connectivity index (χ2n) is 8.16. The van der Waals surface area contributed by atoms with Gasteiger partial charge in [-0.2, -0.15) is 0 Å². The Balaban J connectivity index is 2.21. The van der Waals surface area contributed by atoms with Gasteiger partial charge in [-0.25, -0.2) is 0 Å². The number of rotatable bonds is 4. The zero-order chi connectivity index (χ0) is 20.0. The third-order valence-electron chi connectivity index (χ3n) is 5.54. The van der Waals surface area contributed by atoms with E-state index in [2.05, 4.69) is 0 Å². The molecule has 0 amide bonds. The minimum Gasteiger partial charge on any atom is -0.392 e. The summed E-state index contributed by atoms with van der Waals surface area (Å²) in [6.07, 6.45) is 3.69. The van der Waals surface area contributed by atoms with Crippen molar-refractivity contribution in [3.8, 4) is 0 Å². The molecule has 1 aromatic rings. The molecule has 1 saturated carbocycles. The highest BCUT2D eigenvalue weighted by atomic mass is 16.6. The molecule has 3 rings (SSSR count). The maximum Gasteiger partial charge on any atom is 0.302 e. The van der Waals surface area contributed by atoms with Crippen molar-refractivity contribution in [2.24, 2.45) is 0 Å². The molecule has 27 heavy (non-hydrogen) atoms. The maximum absolute atomic E-state index is 11.8. The molecular formula is C18H25N3O6. The highest BCUT2D eigenvalue weighted by Gasteiger charge is 2.48. The molecule has 9 heteroatoms. The minimum absolute atomic E-state index is 0.0161. The molecule has 1 heterocycles. The zero-order valence-electron chi connectivity index (χ0n) is 15.9. The van der Waals surface area contributed by atoms with E-state index < -0.39 is 27.7 Å². The lowest BCUT2D eigenvalue weighted by molar-refractivity contribution is -0.393. The molecule has 0 bridgehead atoms. The molecule has 0 unspecified atom stereocenters. The summed E-state index contributed by atoms with van der Waals surface area (Å²) in [6, 6.07) is 1.25. The minimum atomic E-state index is -0.606. The van der Waals surface area contributed by atoms with Crippen LogP contribution < -0.4 is 4.90 Å². The third-order valence-corrected chi connectivity index (χ3v) is 5.54. The summed E-state index contributed by atoms with van der Waals surface area (Å²) >= 11 is 0. The summed E-state index contributed by atoms with van der Waals surface area (Å²) < 4.78 is 6.33. The standard InChI is InChI=1S/C18H25N3O6/c1-12-13(9-22)8-14(20(23)24)16(15(12)21(25)26)19-10-17(2,3)27-18(11-19)6-4-5-7-18/h8,22H,4-7,9-11H2,1-3H3. The molecule has 1 spiro atoms. The molecule has 2 fully saturated rings. The van der Waals surface area contributed by atoms with E-state index in [9.17, 15) is 25.3 Å². The fraction of sp³-hybridized carbons (Fsp3) is 0.667. The Morgan fingerprint density at radius 1 is 1.19 bits per heavy atom. The van der Waals surface area contributed by atoms with Crippen LogP contribution in [0.1, 0.15) is 50.7 Å². The second-order valence-corrected chi connectivity index (χ2v) is 8.16. The van der Waals surface area contributed by atoms with Crippen LogP contribution in [0, 0.1) is 27.2 Å². The average Bonchev–Trinajstić information content (AvgIpc) is 2.99. The Morgan fingerprint density at radius 3 is 2.33 bits per heavy atom. The number of nitro benzene ring substituents is 2. The number of anilines is 1. The van der Waals surface area contributed by atoms with Gasteiger partial charge in [0.25, 0.3) is 5.69 Å². The normalized spacial score (nSPS) is 20.8. The van der Waals surface area contributed by atoms with Gasteiger partial charge < -0.3 is 14.7 Å². The summed E-state index contributed by atoms with van der Waals surface area (Å²) in [4.78, 5) is 24.1. The van der Waals surface area contributed by atoms with Crippen molar-refractivity contribution in [1.82, 2.24) is 0 Å². The molecule has 2 aliphatic rings. The monoisotopic (exact) mass is 379 g/mol. The lowest BCUT2D eigenvalue weighted by atomic mass is 9.92.